The summed E-state index contributed by atoms with van der Waals surface area (Å²) in [5.74, 6) is 0. The van der Waals surface area contributed by atoms with Gasteiger partial charge in [0, 0.05) is 32.4 Å². The molecule has 2 aliphatic rings. The minimum atomic E-state index is -3.43. The maximum Gasteiger partial charge on any atom is 0.261 e. The Morgan fingerprint density at radius 2 is 1.74 bits per heavy atom. The summed E-state index contributed by atoms with van der Waals surface area (Å²) < 4.78 is 26.1. The Balaban J connectivity index is 0.000000902. The number of nitrogens with one attached hydrogen (secondary N) is 1. The predicted octanol–water partition coefficient (Wildman–Crippen LogP) is 1.14. The standard InChI is InChI=1S/C11H13N3O2S.2BrH/c15-17(16,11-3-1-2-4-13-11)14-7-9-5-12-6-10(9)8-14;;/h1-4,12H,5-8H2;2*1H. The Morgan fingerprint density at radius 1 is 1.11 bits per heavy atom. The molecule has 0 fully saturated rings. The second-order valence-electron chi connectivity index (χ2n) is 4.25. The third-order valence-corrected chi connectivity index (χ3v) is 4.86. The van der Waals surface area contributed by atoms with Gasteiger partial charge >= 0.3 is 0 Å². The number of hydrogen-bond donors (Lipinski definition) is 1. The second kappa shape index (κ2) is 6.45. The lowest BCUT2D eigenvalue weighted by Crippen LogP contribution is -2.33. The summed E-state index contributed by atoms with van der Waals surface area (Å²) in [6, 6.07) is 4.95. The molecule has 0 aliphatic carbocycles. The van der Waals surface area contributed by atoms with Crippen molar-refractivity contribution in [2.45, 2.75) is 5.03 Å². The molecule has 0 amide bonds. The van der Waals surface area contributed by atoms with Crippen LogP contribution < -0.4 is 5.32 Å². The first-order valence-corrected chi connectivity index (χ1v) is 6.93. The van der Waals surface area contributed by atoms with Gasteiger partial charge < -0.3 is 5.32 Å². The average Bonchev–Trinajstić information content (AvgIpc) is 2.90. The molecule has 0 saturated heterocycles. The molecule has 0 spiro atoms. The highest BCUT2D eigenvalue weighted by Crippen LogP contribution is 2.25. The van der Waals surface area contributed by atoms with E-state index in [4.69, 9.17) is 0 Å². The van der Waals surface area contributed by atoms with E-state index in [1.807, 2.05) is 0 Å². The molecule has 5 nitrogen and oxygen atoms in total. The lowest BCUT2D eigenvalue weighted by atomic mass is 10.2. The van der Waals surface area contributed by atoms with Crippen molar-refractivity contribution in [3.63, 3.8) is 0 Å². The van der Waals surface area contributed by atoms with Crippen molar-refractivity contribution < 1.29 is 8.42 Å². The summed E-state index contributed by atoms with van der Waals surface area (Å²) in [6.45, 7) is 2.62. The largest absolute Gasteiger partial charge is 0.309 e. The number of rotatable bonds is 2. The van der Waals surface area contributed by atoms with E-state index in [2.05, 4.69) is 10.3 Å². The van der Waals surface area contributed by atoms with Crippen LogP contribution in [0, 0.1) is 0 Å². The Bertz CT molecular complexity index is 559. The summed E-state index contributed by atoms with van der Waals surface area (Å²) in [5.41, 5.74) is 2.43. The molecule has 2 aliphatic heterocycles. The van der Waals surface area contributed by atoms with Crippen LogP contribution in [0.25, 0.3) is 0 Å². The van der Waals surface area contributed by atoms with Crippen LogP contribution in [0.5, 0.6) is 0 Å². The number of halogens is 2. The number of pyridine rings is 1. The van der Waals surface area contributed by atoms with E-state index in [0.717, 1.165) is 13.1 Å². The lowest BCUT2D eigenvalue weighted by Gasteiger charge is -2.17. The molecule has 0 saturated carbocycles. The molecule has 0 radical (unpaired) electrons. The van der Waals surface area contributed by atoms with Gasteiger partial charge in [-0.2, -0.15) is 4.31 Å². The van der Waals surface area contributed by atoms with Gasteiger partial charge in [0.1, 0.15) is 0 Å². The lowest BCUT2D eigenvalue weighted by molar-refractivity contribution is 0.470. The van der Waals surface area contributed by atoms with Crippen LogP contribution in [0.3, 0.4) is 0 Å². The minimum Gasteiger partial charge on any atom is -0.309 e. The molecule has 0 bridgehead atoms. The van der Waals surface area contributed by atoms with Crippen molar-refractivity contribution in [1.82, 2.24) is 14.6 Å². The quantitative estimate of drug-likeness (QED) is 0.740. The Kier molecular flexibility index (Phi) is 5.69. The smallest absolute Gasteiger partial charge is 0.261 e. The SMILES string of the molecule is Br.Br.O=S(=O)(c1ccccn1)N1CC2=C(CNC2)C1. The highest BCUT2D eigenvalue weighted by Gasteiger charge is 2.34. The van der Waals surface area contributed by atoms with E-state index < -0.39 is 10.0 Å². The van der Waals surface area contributed by atoms with Gasteiger partial charge in [0.15, 0.2) is 5.03 Å². The van der Waals surface area contributed by atoms with Gasteiger partial charge in [-0.3, -0.25) is 0 Å². The van der Waals surface area contributed by atoms with Crippen molar-refractivity contribution in [2.24, 2.45) is 0 Å². The normalized spacial score (nSPS) is 18.7. The number of hydrogen-bond acceptors (Lipinski definition) is 4. The van der Waals surface area contributed by atoms with Crippen molar-refractivity contribution in [3.8, 4) is 0 Å². The summed E-state index contributed by atoms with van der Waals surface area (Å²) in [7, 11) is -3.43. The highest BCUT2D eigenvalue weighted by molar-refractivity contribution is 8.93. The van der Waals surface area contributed by atoms with Gasteiger partial charge in [-0.05, 0) is 23.3 Å². The van der Waals surface area contributed by atoms with E-state index >= 15 is 0 Å². The van der Waals surface area contributed by atoms with Gasteiger partial charge in [-0.25, -0.2) is 13.4 Å². The van der Waals surface area contributed by atoms with Crippen LogP contribution in [0.15, 0.2) is 40.6 Å². The predicted molar refractivity (Wildman–Crippen MR) is 83.5 cm³/mol. The molecule has 1 N–H and O–H groups in total. The maximum atomic E-state index is 12.3. The molecule has 0 atom stereocenters. The van der Waals surface area contributed by atoms with Gasteiger partial charge in [0.05, 0.1) is 0 Å². The fourth-order valence-corrected chi connectivity index (χ4v) is 3.59. The zero-order valence-electron chi connectivity index (χ0n) is 10.1. The molecule has 1 aromatic heterocycles. The van der Waals surface area contributed by atoms with Crippen LogP contribution in [-0.2, 0) is 10.0 Å². The molecule has 3 rings (SSSR count). The third-order valence-electron chi connectivity index (χ3n) is 3.15. The van der Waals surface area contributed by atoms with Crippen LogP contribution in [0.4, 0.5) is 0 Å². The zero-order valence-corrected chi connectivity index (χ0v) is 14.3. The van der Waals surface area contributed by atoms with Gasteiger partial charge in [-0.15, -0.1) is 34.0 Å². The highest BCUT2D eigenvalue weighted by atomic mass is 79.9. The maximum absolute atomic E-state index is 12.3. The van der Waals surface area contributed by atoms with E-state index in [0.29, 0.717) is 13.1 Å². The van der Waals surface area contributed by atoms with E-state index in [1.165, 1.54) is 27.7 Å². The molecule has 106 valence electrons. The minimum absolute atomic E-state index is 0. The van der Waals surface area contributed by atoms with Crippen molar-refractivity contribution in [2.75, 3.05) is 26.2 Å². The van der Waals surface area contributed by atoms with E-state index in [9.17, 15) is 8.42 Å². The molecule has 0 aromatic carbocycles. The molecular weight excluding hydrogens is 398 g/mol. The molecule has 8 heteroatoms. The summed E-state index contributed by atoms with van der Waals surface area (Å²) in [6.07, 6.45) is 1.51. The number of aromatic nitrogens is 1. The fourth-order valence-electron chi connectivity index (χ4n) is 2.23. The molecule has 0 unspecified atom stereocenters. The Morgan fingerprint density at radius 3 is 2.26 bits per heavy atom. The molecule has 19 heavy (non-hydrogen) atoms. The fraction of sp³-hybridized carbons (Fsp3) is 0.364. The summed E-state index contributed by atoms with van der Waals surface area (Å²) in [5, 5.41) is 3.36. The summed E-state index contributed by atoms with van der Waals surface area (Å²) in [4.78, 5) is 3.93. The van der Waals surface area contributed by atoms with E-state index in [-0.39, 0.29) is 39.0 Å². The van der Waals surface area contributed by atoms with Crippen molar-refractivity contribution in [3.05, 3.63) is 35.5 Å². The van der Waals surface area contributed by atoms with Crippen LogP contribution in [0.2, 0.25) is 0 Å². The average molecular weight is 413 g/mol. The molecule has 1 aromatic rings. The van der Waals surface area contributed by atoms with Crippen LogP contribution >= 0.6 is 34.0 Å². The number of sulfonamides is 1. The first kappa shape index (κ1) is 16.8. The van der Waals surface area contributed by atoms with Crippen molar-refractivity contribution >= 4 is 44.0 Å². The molecular formula is C11H15Br2N3O2S. The van der Waals surface area contributed by atoms with Crippen molar-refractivity contribution in [1.29, 1.82) is 0 Å². The topological polar surface area (TPSA) is 62.3 Å². The van der Waals surface area contributed by atoms with Crippen LogP contribution in [-0.4, -0.2) is 43.9 Å². The zero-order chi connectivity index (χ0) is 11.9. The van der Waals surface area contributed by atoms with Gasteiger partial charge in [0.25, 0.3) is 10.0 Å². The third kappa shape index (κ3) is 3.08. The first-order valence-electron chi connectivity index (χ1n) is 5.49. The first-order chi connectivity index (χ1) is 8.18. The molecule has 3 heterocycles. The van der Waals surface area contributed by atoms with Crippen LogP contribution in [0.1, 0.15) is 0 Å². The van der Waals surface area contributed by atoms with Gasteiger partial charge in [-0.1, -0.05) is 6.07 Å². The van der Waals surface area contributed by atoms with E-state index in [1.54, 1.807) is 12.1 Å². The van der Waals surface area contributed by atoms with Gasteiger partial charge in [0.2, 0.25) is 0 Å². The second-order valence-corrected chi connectivity index (χ2v) is 6.14. The number of nitrogens with zero attached hydrogens (tertiary/aromatic N) is 2. The monoisotopic (exact) mass is 411 g/mol. The Labute approximate surface area is 133 Å². The Hall–Kier alpha value is -0.280. The summed E-state index contributed by atoms with van der Waals surface area (Å²) >= 11 is 0.